The van der Waals surface area contributed by atoms with Crippen molar-refractivity contribution in [3.05, 3.63) is 65.2 Å². The van der Waals surface area contributed by atoms with E-state index in [9.17, 15) is 0 Å². The fraction of sp³-hybridized carbons (Fsp3) is 0.316. The Morgan fingerprint density at radius 2 is 1.76 bits per heavy atom. The highest BCUT2D eigenvalue weighted by atomic mass is 16.5. The third-order valence-corrected chi connectivity index (χ3v) is 3.93. The normalized spacial score (nSPS) is 11.1. The van der Waals surface area contributed by atoms with E-state index in [1.807, 2.05) is 11.6 Å². The lowest BCUT2D eigenvalue weighted by atomic mass is 10.2. The smallest absolute Gasteiger partial charge is 0.316 e. The summed E-state index contributed by atoms with van der Waals surface area (Å²) in [6.07, 6.45) is 3.60. The summed E-state index contributed by atoms with van der Waals surface area (Å²) in [6.45, 7) is 5.69. The largest absolute Gasteiger partial charge is 0.467 e. The molecular weight excluding hydrogens is 314 g/mol. The second-order valence-electron chi connectivity index (χ2n) is 6.26. The number of aromatic nitrogens is 4. The van der Waals surface area contributed by atoms with Gasteiger partial charge in [-0.2, -0.15) is 5.10 Å². The van der Waals surface area contributed by atoms with Crippen LogP contribution in [-0.4, -0.2) is 38.8 Å². The molecule has 0 radical (unpaired) electrons. The molecule has 0 saturated heterocycles. The van der Waals surface area contributed by atoms with E-state index in [2.05, 4.69) is 64.3 Å². The van der Waals surface area contributed by atoms with Crippen LogP contribution in [0.1, 0.15) is 22.5 Å². The average Bonchev–Trinajstić information content (AvgIpc) is 2.94. The Morgan fingerprint density at radius 1 is 1.04 bits per heavy atom. The molecule has 0 aliphatic carbocycles. The summed E-state index contributed by atoms with van der Waals surface area (Å²) in [5.74, 6) is 0. The maximum atomic E-state index is 4.99. The van der Waals surface area contributed by atoms with E-state index < -0.39 is 0 Å². The summed E-state index contributed by atoms with van der Waals surface area (Å²) in [6, 6.07) is 11.0. The van der Waals surface area contributed by atoms with Gasteiger partial charge >= 0.3 is 6.01 Å². The van der Waals surface area contributed by atoms with Gasteiger partial charge in [-0.3, -0.25) is 4.90 Å². The molecule has 0 atom stereocenters. The first-order chi connectivity index (χ1) is 12.0. The number of hydrogen-bond donors (Lipinski definition) is 0. The van der Waals surface area contributed by atoms with E-state index in [0.717, 1.165) is 35.7 Å². The number of aryl methyl sites for hydroxylation is 2. The molecule has 3 aromatic rings. The van der Waals surface area contributed by atoms with E-state index in [-0.39, 0.29) is 0 Å². The third kappa shape index (κ3) is 4.22. The lowest BCUT2D eigenvalue weighted by molar-refractivity contribution is 0.316. The second-order valence-corrected chi connectivity index (χ2v) is 6.26. The topological polar surface area (TPSA) is 56.1 Å². The molecule has 0 aliphatic rings. The Kier molecular flexibility index (Phi) is 5.09. The van der Waals surface area contributed by atoms with Crippen LogP contribution in [0.5, 0.6) is 6.01 Å². The van der Waals surface area contributed by atoms with Crippen molar-refractivity contribution in [3.8, 4) is 11.7 Å². The molecule has 0 saturated carbocycles. The fourth-order valence-electron chi connectivity index (χ4n) is 2.89. The summed E-state index contributed by atoms with van der Waals surface area (Å²) >= 11 is 0. The summed E-state index contributed by atoms with van der Waals surface area (Å²) in [5, 5.41) is 4.56. The van der Waals surface area contributed by atoms with Crippen molar-refractivity contribution < 1.29 is 4.74 Å². The molecular formula is C19H23N5O. The molecule has 6 heteroatoms. The predicted molar refractivity (Wildman–Crippen MR) is 96.8 cm³/mol. The minimum atomic E-state index is 0.393. The van der Waals surface area contributed by atoms with Gasteiger partial charge in [0.1, 0.15) is 0 Å². The standard InChI is InChI=1S/C19H23N5O/c1-14-8-15(2)24(22-14)18-7-5-6-16(9-18)12-23(3)13-17-10-20-19(25-4)21-11-17/h5-11H,12-13H2,1-4H3. The van der Waals surface area contributed by atoms with Gasteiger partial charge in [0.05, 0.1) is 18.5 Å². The van der Waals surface area contributed by atoms with Crippen molar-refractivity contribution >= 4 is 0 Å². The maximum absolute atomic E-state index is 4.99. The molecule has 25 heavy (non-hydrogen) atoms. The number of hydrogen-bond acceptors (Lipinski definition) is 5. The van der Waals surface area contributed by atoms with E-state index in [1.165, 1.54) is 5.56 Å². The summed E-state index contributed by atoms with van der Waals surface area (Å²) in [7, 11) is 3.65. The van der Waals surface area contributed by atoms with Crippen LogP contribution in [0.4, 0.5) is 0 Å². The maximum Gasteiger partial charge on any atom is 0.316 e. The number of nitrogens with zero attached hydrogens (tertiary/aromatic N) is 5. The highest BCUT2D eigenvalue weighted by Gasteiger charge is 2.07. The van der Waals surface area contributed by atoms with Crippen molar-refractivity contribution in [3.63, 3.8) is 0 Å². The summed E-state index contributed by atoms with van der Waals surface area (Å²) in [5.41, 5.74) is 5.54. The minimum Gasteiger partial charge on any atom is -0.467 e. The zero-order valence-corrected chi connectivity index (χ0v) is 15.1. The lowest BCUT2D eigenvalue weighted by Gasteiger charge is -2.17. The molecule has 0 unspecified atom stereocenters. The van der Waals surface area contributed by atoms with Gasteiger partial charge in [0.15, 0.2) is 0 Å². The molecule has 1 aromatic carbocycles. The van der Waals surface area contributed by atoms with Crippen molar-refractivity contribution in [2.75, 3.05) is 14.2 Å². The van der Waals surface area contributed by atoms with E-state index >= 15 is 0 Å². The van der Waals surface area contributed by atoms with Crippen LogP contribution in [-0.2, 0) is 13.1 Å². The van der Waals surface area contributed by atoms with Gasteiger partial charge in [0.2, 0.25) is 0 Å². The van der Waals surface area contributed by atoms with Crippen molar-refractivity contribution in [1.82, 2.24) is 24.6 Å². The zero-order valence-electron chi connectivity index (χ0n) is 15.1. The van der Waals surface area contributed by atoms with Crippen molar-refractivity contribution in [1.29, 1.82) is 0 Å². The summed E-state index contributed by atoms with van der Waals surface area (Å²) in [4.78, 5) is 10.5. The Bertz CT molecular complexity index is 841. The molecule has 0 N–H and O–H groups in total. The van der Waals surface area contributed by atoms with Crippen LogP contribution in [0.15, 0.2) is 42.7 Å². The minimum absolute atomic E-state index is 0.393. The number of methoxy groups -OCH3 is 1. The first kappa shape index (κ1) is 17.1. The van der Waals surface area contributed by atoms with Gasteiger partial charge in [0, 0.05) is 36.7 Å². The molecule has 6 nitrogen and oxygen atoms in total. The van der Waals surface area contributed by atoms with Crippen molar-refractivity contribution in [2.24, 2.45) is 0 Å². The Morgan fingerprint density at radius 3 is 2.40 bits per heavy atom. The Labute approximate surface area is 148 Å². The molecule has 0 amide bonds. The third-order valence-electron chi connectivity index (χ3n) is 3.93. The number of rotatable bonds is 6. The zero-order chi connectivity index (χ0) is 17.8. The second kappa shape index (κ2) is 7.44. The van der Waals surface area contributed by atoms with Crippen LogP contribution < -0.4 is 4.74 Å². The molecule has 130 valence electrons. The van der Waals surface area contributed by atoms with Crippen LogP contribution >= 0.6 is 0 Å². The van der Waals surface area contributed by atoms with Crippen LogP contribution in [0.3, 0.4) is 0 Å². The predicted octanol–water partition coefficient (Wildman–Crippen LogP) is 2.92. The van der Waals surface area contributed by atoms with Crippen LogP contribution in [0.2, 0.25) is 0 Å². The highest BCUT2D eigenvalue weighted by molar-refractivity contribution is 5.37. The van der Waals surface area contributed by atoms with Gasteiger partial charge in [-0.15, -0.1) is 0 Å². The Hall–Kier alpha value is -2.73. The van der Waals surface area contributed by atoms with Gasteiger partial charge in [-0.05, 0) is 44.7 Å². The van der Waals surface area contributed by atoms with E-state index in [1.54, 1.807) is 19.5 Å². The van der Waals surface area contributed by atoms with E-state index in [4.69, 9.17) is 4.74 Å². The molecule has 0 fully saturated rings. The first-order valence-corrected chi connectivity index (χ1v) is 8.21. The first-order valence-electron chi connectivity index (χ1n) is 8.21. The number of ether oxygens (including phenoxy) is 1. The fourth-order valence-corrected chi connectivity index (χ4v) is 2.89. The Balaban J connectivity index is 1.69. The molecule has 0 bridgehead atoms. The molecule has 0 aliphatic heterocycles. The van der Waals surface area contributed by atoms with Crippen molar-refractivity contribution in [2.45, 2.75) is 26.9 Å². The highest BCUT2D eigenvalue weighted by Crippen LogP contribution is 2.15. The summed E-state index contributed by atoms with van der Waals surface area (Å²) < 4.78 is 6.97. The van der Waals surface area contributed by atoms with Gasteiger partial charge < -0.3 is 4.74 Å². The molecule has 3 rings (SSSR count). The lowest BCUT2D eigenvalue weighted by Crippen LogP contribution is -2.17. The van der Waals surface area contributed by atoms with Crippen LogP contribution in [0, 0.1) is 13.8 Å². The van der Waals surface area contributed by atoms with Gasteiger partial charge in [-0.25, -0.2) is 14.6 Å². The monoisotopic (exact) mass is 337 g/mol. The molecule has 2 heterocycles. The quantitative estimate of drug-likeness (QED) is 0.692. The number of benzene rings is 1. The van der Waals surface area contributed by atoms with Crippen LogP contribution in [0.25, 0.3) is 5.69 Å². The average molecular weight is 337 g/mol. The van der Waals surface area contributed by atoms with E-state index in [0.29, 0.717) is 6.01 Å². The molecule has 0 spiro atoms. The molecule has 2 aromatic heterocycles. The van der Waals surface area contributed by atoms with Gasteiger partial charge in [0.25, 0.3) is 0 Å². The van der Waals surface area contributed by atoms with Gasteiger partial charge in [-0.1, -0.05) is 12.1 Å². The SMILES string of the molecule is COc1ncc(CN(C)Cc2cccc(-n3nc(C)cc3C)c2)cn1.